The molecule has 2 unspecified atom stereocenters. The van der Waals surface area contributed by atoms with Crippen molar-refractivity contribution >= 4 is 16.7 Å². The van der Waals surface area contributed by atoms with E-state index in [4.69, 9.17) is 9.47 Å². The molecule has 0 aliphatic rings. The molecule has 5 nitrogen and oxygen atoms in total. The number of nitrogens with zero attached hydrogens (tertiary/aromatic N) is 2. The maximum atomic E-state index is 12.4. The number of methoxy groups -OCH3 is 1. The van der Waals surface area contributed by atoms with E-state index in [1.165, 1.54) is 12.5 Å². The Kier molecular flexibility index (Phi) is 5.27. The van der Waals surface area contributed by atoms with Crippen molar-refractivity contribution in [1.82, 2.24) is 9.55 Å². The number of hydrogen-bond acceptors (Lipinski definition) is 4. The molecule has 30 heavy (non-hydrogen) atoms. The molecule has 5 heteroatoms. The lowest BCUT2D eigenvalue weighted by Crippen LogP contribution is -2.42. The summed E-state index contributed by atoms with van der Waals surface area (Å²) in [6.45, 7) is 3.88. The SMILES string of the molecule is COC(=O)C(C)C(C)(c1ccc(Oc2ccc3ccccc3c2)cc1)n1ccnc1. The molecule has 0 spiro atoms. The molecule has 1 heterocycles. The Morgan fingerprint density at radius 2 is 1.70 bits per heavy atom. The molecule has 4 rings (SSSR count). The largest absolute Gasteiger partial charge is 0.469 e. The maximum absolute atomic E-state index is 12.4. The van der Waals surface area contributed by atoms with Crippen LogP contribution in [0.4, 0.5) is 0 Å². The van der Waals surface area contributed by atoms with Gasteiger partial charge in [0.2, 0.25) is 0 Å². The Morgan fingerprint density at radius 1 is 1.00 bits per heavy atom. The van der Waals surface area contributed by atoms with Crippen molar-refractivity contribution in [2.75, 3.05) is 7.11 Å². The van der Waals surface area contributed by atoms with Crippen molar-refractivity contribution in [3.63, 3.8) is 0 Å². The summed E-state index contributed by atoms with van der Waals surface area (Å²) in [5.41, 5.74) is 0.315. The quantitative estimate of drug-likeness (QED) is 0.407. The number of rotatable bonds is 6. The van der Waals surface area contributed by atoms with Gasteiger partial charge in [-0.3, -0.25) is 4.79 Å². The number of hydrogen-bond donors (Lipinski definition) is 0. The topological polar surface area (TPSA) is 53.4 Å². The summed E-state index contributed by atoms with van der Waals surface area (Å²) >= 11 is 0. The molecule has 0 bridgehead atoms. The van der Waals surface area contributed by atoms with Gasteiger partial charge in [-0.25, -0.2) is 4.98 Å². The van der Waals surface area contributed by atoms with E-state index in [0.29, 0.717) is 0 Å². The minimum Gasteiger partial charge on any atom is -0.469 e. The zero-order chi connectivity index (χ0) is 21.1. The zero-order valence-corrected chi connectivity index (χ0v) is 17.3. The summed E-state index contributed by atoms with van der Waals surface area (Å²) in [6.07, 6.45) is 5.29. The van der Waals surface area contributed by atoms with Crippen LogP contribution in [0.2, 0.25) is 0 Å². The second-order valence-corrected chi connectivity index (χ2v) is 7.50. The Labute approximate surface area is 175 Å². The molecular weight excluding hydrogens is 376 g/mol. The molecule has 2 atom stereocenters. The molecule has 0 saturated carbocycles. The van der Waals surface area contributed by atoms with Crippen LogP contribution in [0, 0.1) is 5.92 Å². The van der Waals surface area contributed by atoms with Crippen LogP contribution in [0.1, 0.15) is 19.4 Å². The minimum atomic E-state index is -0.648. The summed E-state index contributed by atoms with van der Waals surface area (Å²) in [7, 11) is 1.41. The number of imidazole rings is 1. The van der Waals surface area contributed by atoms with Gasteiger partial charge in [0.05, 0.1) is 24.9 Å². The summed E-state index contributed by atoms with van der Waals surface area (Å²) in [5.74, 6) is 0.820. The van der Waals surface area contributed by atoms with Crippen LogP contribution in [0.5, 0.6) is 11.5 Å². The Hall–Kier alpha value is -3.60. The van der Waals surface area contributed by atoms with Crippen LogP contribution in [-0.2, 0) is 15.1 Å². The molecular formula is C25H24N2O3. The van der Waals surface area contributed by atoms with Gasteiger partial charge in [0.25, 0.3) is 0 Å². The third kappa shape index (κ3) is 3.54. The standard InChI is InChI=1S/C25H24N2O3/c1-18(24(28)29-3)25(2,27-15-14-26-17-27)21-9-12-22(13-10-21)30-23-11-8-19-6-4-5-7-20(19)16-23/h4-18H,1-3H3. The van der Waals surface area contributed by atoms with Crippen molar-refractivity contribution in [2.24, 2.45) is 5.92 Å². The highest BCUT2D eigenvalue weighted by Gasteiger charge is 2.39. The van der Waals surface area contributed by atoms with E-state index in [1.54, 1.807) is 12.5 Å². The summed E-state index contributed by atoms with van der Waals surface area (Å²) < 4.78 is 13.0. The van der Waals surface area contributed by atoms with E-state index in [9.17, 15) is 4.79 Å². The monoisotopic (exact) mass is 400 g/mol. The Balaban J connectivity index is 1.64. The van der Waals surface area contributed by atoms with Crippen LogP contribution in [0.25, 0.3) is 10.8 Å². The second kappa shape index (κ2) is 8.03. The van der Waals surface area contributed by atoms with E-state index in [-0.39, 0.29) is 5.97 Å². The predicted molar refractivity (Wildman–Crippen MR) is 117 cm³/mol. The number of benzene rings is 3. The van der Waals surface area contributed by atoms with Crippen molar-refractivity contribution in [3.8, 4) is 11.5 Å². The van der Waals surface area contributed by atoms with Gasteiger partial charge in [0.15, 0.2) is 0 Å². The van der Waals surface area contributed by atoms with E-state index < -0.39 is 11.5 Å². The van der Waals surface area contributed by atoms with Gasteiger partial charge in [-0.1, -0.05) is 42.5 Å². The normalized spacial score (nSPS) is 14.1. The third-order valence-electron chi connectivity index (χ3n) is 5.83. The maximum Gasteiger partial charge on any atom is 0.311 e. The van der Waals surface area contributed by atoms with Gasteiger partial charge < -0.3 is 14.0 Å². The van der Waals surface area contributed by atoms with Crippen LogP contribution >= 0.6 is 0 Å². The van der Waals surface area contributed by atoms with E-state index >= 15 is 0 Å². The lowest BCUT2D eigenvalue weighted by molar-refractivity contribution is -0.147. The molecule has 152 valence electrons. The van der Waals surface area contributed by atoms with Gasteiger partial charge in [-0.2, -0.15) is 0 Å². The van der Waals surface area contributed by atoms with Crippen molar-refractivity contribution in [3.05, 3.63) is 91.0 Å². The number of carbonyl (C=O) groups excluding carboxylic acids is 1. The van der Waals surface area contributed by atoms with Crippen LogP contribution in [0.15, 0.2) is 85.5 Å². The van der Waals surface area contributed by atoms with Crippen molar-refractivity contribution in [1.29, 1.82) is 0 Å². The van der Waals surface area contributed by atoms with Crippen molar-refractivity contribution in [2.45, 2.75) is 19.4 Å². The second-order valence-electron chi connectivity index (χ2n) is 7.50. The van der Waals surface area contributed by atoms with Gasteiger partial charge >= 0.3 is 5.97 Å². The molecule has 3 aromatic carbocycles. The summed E-state index contributed by atoms with van der Waals surface area (Å²) in [4.78, 5) is 16.5. The van der Waals surface area contributed by atoms with E-state index in [1.807, 2.05) is 79.2 Å². The molecule has 0 radical (unpaired) electrons. The zero-order valence-electron chi connectivity index (χ0n) is 17.3. The van der Waals surface area contributed by atoms with Gasteiger partial charge in [-0.05, 0) is 54.4 Å². The first-order valence-electron chi connectivity index (χ1n) is 9.86. The fourth-order valence-corrected chi connectivity index (χ4v) is 3.79. The highest BCUT2D eigenvalue weighted by atomic mass is 16.5. The molecule has 4 aromatic rings. The lowest BCUT2D eigenvalue weighted by Gasteiger charge is -2.36. The highest BCUT2D eigenvalue weighted by Crippen LogP contribution is 2.36. The van der Waals surface area contributed by atoms with Crippen molar-refractivity contribution < 1.29 is 14.3 Å². The van der Waals surface area contributed by atoms with Crippen LogP contribution in [0.3, 0.4) is 0 Å². The molecule has 0 N–H and O–H groups in total. The fourth-order valence-electron chi connectivity index (χ4n) is 3.79. The number of esters is 1. The first-order chi connectivity index (χ1) is 14.5. The van der Waals surface area contributed by atoms with E-state index in [0.717, 1.165) is 22.4 Å². The number of ether oxygens (including phenoxy) is 2. The van der Waals surface area contributed by atoms with Gasteiger partial charge in [0.1, 0.15) is 11.5 Å². The number of aromatic nitrogens is 2. The summed E-state index contributed by atoms with van der Waals surface area (Å²) in [6, 6.07) is 22.0. The molecule has 0 fully saturated rings. The lowest BCUT2D eigenvalue weighted by atomic mass is 9.80. The highest BCUT2D eigenvalue weighted by molar-refractivity contribution is 5.83. The fraction of sp³-hybridized carbons (Fsp3) is 0.200. The Morgan fingerprint density at radius 3 is 2.37 bits per heavy atom. The molecule has 0 aliphatic heterocycles. The van der Waals surface area contributed by atoms with Gasteiger partial charge in [0, 0.05) is 12.4 Å². The van der Waals surface area contributed by atoms with Crippen LogP contribution < -0.4 is 4.74 Å². The number of carbonyl (C=O) groups is 1. The average molecular weight is 400 g/mol. The van der Waals surface area contributed by atoms with Gasteiger partial charge in [-0.15, -0.1) is 0 Å². The minimum absolute atomic E-state index is 0.275. The molecule has 0 amide bonds. The average Bonchev–Trinajstić information content (AvgIpc) is 3.33. The first-order valence-corrected chi connectivity index (χ1v) is 9.86. The predicted octanol–water partition coefficient (Wildman–Crippen LogP) is 5.40. The van der Waals surface area contributed by atoms with E-state index in [2.05, 4.69) is 17.1 Å². The third-order valence-corrected chi connectivity index (χ3v) is 5.83. The molecule has 0 saturated heterocycles. The first kappa shape index (κ1) is 19.7. The van der Waals surface area contributed by atoms with Crippen LogP contribution in [-0.4, -0.2) is 22.6 Å². The summed E-state index contributed by atoms with van der Waals surface area (Å²) in [5, 5.41) is 2.30. The smallest absolute Gasteiger partial charge is 0.311 e. The molecule has 1 aromatic heterocycles. The number of fused-ring (bicyclic) bond motifs is 1. The Bertz CT molecular complexity index is 1150. The molecule has 0 aliphatic carbocycles.